The molecule has 2 heterocycles. The summed E-state index contributed by atoms with van der Waals surface area (Å²) >= 11 is 1.30. The molecule has 0 aromatic carbocycles. The third-order valence-electron chi connectivity index (χ3n) is 1.71. The predicted octanol–water partition coefficient (Wildman–Crippen LogP) is 0.911. The lowest BCUT2D eigenvalue weighted by Crippen LogP contribution is -2.53. The summed E-state index contributed by atoms with van der Waals surface area (Å²) in [5, 5.41) is 4.68. The first-order valence-corrected chi connectivity index (χ1v) is 3.95. The lowest BCUT2D eigenvalue weighted by Gasteiger charge is -2.33. The van der Waals surface area contributed by atoms with E-state index < -0.39 is 5.67 Å². The third-order valence-corrected chi connectivity index (χ3v) is 2.27. The van der Waals surface area contributed by atoms with E-state index in [2.05, 4.69) is 9.69 Å². The molecule has 1 aromatic rings. The quantitative estimate of drug-likeness (QED) is 0.657. The fraction of sp³-hybridized carbons (Fsp3) is 0.500. The van der Waals surface area contributed by atoms with Crippen molar-refractivity contribution in [2.75, 3.05) is 13.1 Å². The molecule has 2 rings (SSSR count). The molecule has 0 bridgehead atoms. The molecule has 0 saturated carbocycles. The second-order valence-corrected chi connectivity index (χ2v) is 3.12. The van der Waals surface area contributed by atoms with Crippen LogP contribution in [0, 0.1) is 0 Å². The number of hydrogen-bond donors (Lipinski definition) is 1. The van der Waals surface area contributed by atoms with Crippen LogP contribution in [0.25, 0.3) is 0 Å². The number of nitrogens with one attached hydrogen (secondary N) is 1. The van der Waals surface area contributed by atoms with Crippen molar-refractivity contribution < 1.29 is 4.39 Å². The van der Waals surface area contributed by atoms with Crippen LogP contribution < -0.4 is 5.32 Å². The highest BCUT2D eigenvalue weighted by molar-refractivity contribution is 7.03. The van der Waals surface area contributed by atoms with Crippen molar-refractivity contribution in [2.45, 2.75) is 5.67 Å². The maximum absolute atomic E-state index is 13.4. The highest BCUT2D eigenvalue weighted by Crippen LogP contribution is 2.28. The van der Waals surface area contributed by atoms with Gasteiger partial charge in [0.1, 0.15) is 0 Å². The summed E-state index contributed by atoms with van der Waals surface area (Å²) in [4.78, 5) is 0. The molecule has 0 spiro atoms. The number of hydrogen-bond acceptors (Lipinski definition) is 3. The van der Waals surface area contributed by atoms with Gasteiger partial charge in [-0.2, -0.15) is 4.37 Å². The van der Waals surface area contributed by atoms with Crippen LogP contribution in [-0.2, 0) is 5.67 Å². The van der Waals surface area contributed by atoms with Crippen LogP contribution in [0.3, 0.4) is 0 Å². The molecule has 0 amide bonds. The van der Waals surface area contributed by atoms with Gasteiger partial charge in [0.05, 0.1) is 5.69 Å². The average molecular weight is 158 g/mol. The van der Waals surface area contributed by atoms with Gasteiger partial charge in [-0.1, -0.05) is 0 Å². The van der Waals surface area contributed by atoms with E-state index in [4.69, 9.17) is 0 Å². The molecule has 2 nitrogen and oxygen atoms in total. The van der Waals surface area contributed by atoms with E-state index in [1.165, 1.54) is 11.5 Å². The Bertz CT molecular complexity index is 218. The summed E-state index contributed by atoms with van der Waals surface area (Å²) in [6.45, 7) is 0.827. The molecule has 1 aliphatic rings. The summed E-state index contributed by atoms with van der Waals surface area (Å²) < 4.78 is 17.3. The molecule has 0 aliphatic carbocycles. The Balaban J connectivity index is 2.27. The van der Waals surface area contributed by atoms with Gasteiger partial charge in [-0.25, -0.2) is 4.39 Å². The van der Waals surface area contributed by atoms with E-state index in [1.807, 2.05) is 0 Å². The van der Waals surface area contributed by atoms with E-state index in [0.29, 0.717) is 18.8 Å². The second kappa shape index (κ2) is 2.00. The van der Waals surface area contributed by atoms with Crippen LogP contribution in [-0.4, -0.2) is 17.5 Å². The maximum Gasteiger partial charge on any atom is 0.178 e. The second-order valence-electron chi connectivity index (χ2n) is 2.45. The maximum atomic E-state index is 13.4. The van der Waals surface area contributed by atoms with Gasteiger partial charge in [-0.15, -0.1) is 0 Å². The number of rotatable bonds is 1. The summed E-state index contributed by atoms with van der Waals surface area (Å²) in [5.74, 6) is 0. The molecular formula is C6H7FN2S. The summed E-state index contributed by atoms with van der Waals surface area (Å²) in [6.07, 6.45) is 0. The van der Waals surface area contributed by atoms with Gasteiger partial charge in [-0.05, 0) is 17.6 Å². The molecule has 4 heteroatoms. The summed E-state index contributed by atoms with van der Waals surface area (Å²) in [5.41, 5.74) is -0.587. The molecule has 1 saturated heterocycles. The molecule has 1 aliphatic heterocycles. The van der Waals surface area contributed by atoms with E-state index >= 15 is 0 Å². The van der Waals surface area contributed by atoms with Crippen LogP contribution >= 0.6 is 11.5 Å². The Kier molecular flexibility index (Phi) is 1.25. The van der Waals surface area contributed by atoms with Gasteiger partial charge < -0.3 is 5.32 Å². The number of nitrogens with zero attached hydrogens (tertiary/aromatic N) is 1. The zero-order valence-electron chi connectivity index (χ0n) is 5.30. The molecule has 10 heavy (non-hydrogen) atoms. The fourth-order valence-electron chi connectivity index (χ4n) is 0.969. The fourth-order valence-corrected chi connectivity index (χ4v) is 1.56. The Morgan fingerprint density at radius 1 is 1.70 bits per heavy atom. The smallest absolute Gasteiger partial charge is 0.178 e. The molecule has 1 N–H and O–H groups in total. The SMILES string of the molecule is FC1(c2ccsn2)CNC1. The number of alkyl halides is 1. The topological polar surface area (TPSA) is 24.9 Å². The van der Waals surface area contributed by atoms with E-state index in [0.717, 1.165) is 0 Å². The first-order chi connectivity index (χ1) is 4.81. The van der Waals surface area contributed by atoms with E-state index in [9.17, 15) is 4.39 Å². The van der Waals surface area contributed by atoms with Crippen LogP contribution in [0.1, 0.15) is 5.69 Å². The number of halogens is 1. The Hall–Kier alpha value is -0.480. The van der Waals surface area contributed by atoms with Crippen molar-refractivity contribution >= 4 is 11.5 Å². The molecule has 0 atom stereocenters. The van der Waals surface area contributed by atoms with Gasteiger partial charge in [0.15, 0.2) is 5.67 Å². The normalized spacial score (nSPS) is 22.1. The number of aromatic nitrogens is 1. The molecule has 54 valence electrons. The van der Waals surface area contributed by atoms with E-state index in [1.54, 1.807) is 11.4 Å². The Labute approximate surface area is 62.2 Å². The van der Waals surface area contributed by atoms with Crippen LogP contribution in [0.2, 0.25) is 0 Å². The van der Waals surface area contributed by atoms with Gasteiger partial charge in [0, 0.05) is 18.5 Å². The standard InChI is InChI=1S/C6H7FN2S/c7-6(3-8-4-6)5-1-2-10-9-5/h1-2,8H,3-4H2. The van der Waals surface area contributed by atoms with Crippen molar-refractivity contribution in [3.05, 3.63) is 17.1 Å². The van der Waals surface area contributed by atoms with Crippen LogP contribution in [0.4, 0.5) is 4.39 Å². The zero-order chi connectivity index (χ0) is 7.03. The molecule has 1 fully saturated rings. The summed E-state index contributed by atoms with van der Waals surface area (Å²) in [6, 6.07) is 1.74. The minimum Gasteiger partial charge on any atom is -0.309 e. The van der Waals surface area contributed by atoms with Crippen molar-refractivity contribution in [2.24, 2.45) is 0 Å². The minimum atomic E-state index is -1.17. The zero-order valence-corrected chi connectivity index (χ0v) is 6.12. The minimum absolute atomic E-state index is 0.413. The highest BCUT2D eigenvalue weighted by Gasteiger charge is 2.40. The molecule has 1 aromatic heterocycles. The van der Waals surface area contributed by atoms with Crippen LogP contribution in [0.15, 0.2) is 11.4 Å². The monoisotopic (exact) mass is 158 g/mol. The van der Waals surface area contributed by atoms with E-state index in [-0.39, 0.29) is 0 Å². The largest absolute Gasteiger partial charge is 0.309 e. The molecule has 0 unspecified atom stereocenters. The summed E-state index contributed by atoms with van der Waals surface area (Å²) in [7, 11) is 0. The predicted molar refractivity (Wildman–Crippen MR) is 37.8 cm³/mol. The lowest BCUT2D eigenvalue weighted by atomic mass is 9.96. The van der Waals surface area contributed by atoms with Crippen LogP contribution in [0.5, 0.6) is 0 Å². The van der Waals surface area contributed by atoms with Crippen molar-refractivity contribution in [1.29, 1.82) is 0 Å². The van der Waals surface area contributed by atoms with Gasteiger partial charge >= 0.3 is 0 Å². The first-order valence-electron chi connectivity index (χ1n) is 3.12. The van der Waals surface area contributed by atoms with Crippen molar-refractivity contribution in [3.63, 3.8) is 0 Å². The van der Waals surface area contributed by atoms with Crippen molar-refractivity contribution in [1.82, 2.24) is 9.69 Å². The van der Waals surface area contributed by atoms with Gasteiger partial charge in [-0.3, -0.25) is 0 Å². The van der Waals surface area contributed by atoms with Gasteiger partial charge in [0.2, 0.25) is 0 Å². The highest BCUT2D eigenvalue weighted by atomic mass is 32.1. The molecular weight excluding hydrogens is 151 g/mol. The third kappa shape index (κ3) is 0.759. The Morgan fingerprint density at radius 3 is 2.90 bits per heavy atom. The van der Waals surface area contributed by atoms with Gasteiger partial charge in [0.25, 0.3) is 0 Å². The molecule has 0 radical (unpaired) electrons. The lowest BCUT2D eigenvalue weighted by molar-refractivity contribution is 0.0852. The first kappa shape index (κ1) is 6.24. The average Bonchev–Trinajstić information content (AvgIpc) is 2.33. The van der Waals surface area contributed by atoms with Crippen molar-refractivity contribution in [3.8, 4) is 0 Å². The Morgan fingerprint density at radius 2 is 2.50 bits per heavy atom.